The normalized spacial score (nSPS) is 12.5. The largest absolute Gasteiger partial charge is 0.327 e. The molecule has 0 amide bonds. The number of hydrogen-bond donors (Lipinski definition) is 0. The van der Waals surface area contributed by atoms with Gasteiger partial charge in [-0.1, -0.05) is 43.0 Å². The Balaban J connectivity index is 2.58. The molecular formula is C15H16N2. The number of aryl methyl sites for hydroxylation is 1. The van der Waals surface area contributed by atoms with Crippen molar-refractivity contribution < 1.29 is 0 Å². The van der Waals surface area contributed by atoms with Crippen LogP contribution < -0.4 is 0 Å². The maximum absolute atomic E-state index is 4.65. The first-order valence-electron chi connectivity index (χ1n) is 5.65. The van der Waals surface area contributed by atoms with Gasteiger partial charge in [0.15, 0.2) is 0 Å². The Labute approximate surface area is 102 Å². The molecule has 0 radical (unpaired) electrons. The second-order valence-electron chi connectivity index (χ2n) is 3.82. The summed E-state index contributed by atoms with van der Waals surface area (Å²) < 4.78 is 2.11. The number of imidazole rings is 1. The van der Waals surface area contributed by atoms with E-state index < -0.39 is 0 Å². The van der Waals surface area contributed by atoms with Crippen LogP contribution in [0.2, 0.25) is 0 Å². The lowest BCUT2D eigenvalue weighted by Crippen LogP contribution is -1.95. The third-order valence-corrected chi connectivity index (χ3v) is 2.77. The predicted molar refractivity (Wildman–Crippen MR) is 73.7 cm³/mol. The molecule has 0 atom stereocenters. The first-order chi connectivity index (χ1) is 8.27. The SMILES string of the molecule is C=C/C=C\C(=C/C)c1nc2ccccc2n1C. The van der Waals surface area contributed by atoms with Gasteiger partial charge in [0.1, 0.15) is 5.82 Å². The minimum atomic E-state index is 0.979. The van der Waals surface area contributed by atoms with E-state index in [0.717, 1.165) is 22.4 Å². The molecule has 86 valence electrons. The van der Waals surface area contributed by atoms with Gasteiger partial charge in [0.25, 0.3) is 0 Å². The zero-order valence-electron chi connectivity index (χ0n) is 10.2. The number of para-hydroxylation sites is 2. The number of hydrogen-bond acceptors (Lipinski definition) is 1. The van der Waals surface area contributed by atoms with Gasteiger partial charge in [0.05, 0.1) is 11.0 Å². The second kappa shape index (κ2) is 4.83. The molecule has 0 aliphatic rings. The van der Waals surface area contributed by atoms with Gasteiger partial charge in [-0.15, -0.1) is 0 Å². The molecule has 0 saturated heterocycles. The summed E-state index contributed by atoms with van der Waals surface area (Å²) in [4.78, 5) is 4.65. The quantitative estimate of drug-likeness (QED) is 0.726. The van der Waals surface area contributed by atoms with Gasteiger partial charge < -0.3 is 4.57 Å². The fraction of sp³-hybridized carbons (Fsp3) is 0.133. The van der Waals surface area contributed by atoms with Crippen LogP contribution in [0.1, 0.15) is 12.7 Å². The minimum Gasteiger partial charge on any atom is -0.327 e. The van der Waals surface area contributed by atoms with E-state index >= 15 is 0 Å². The van der Waals surface area contributed by atoms with E-state index in [0.29, 0.717) is 0 Å². The van der Waals surface area contributed by atoms with Crippen molar-refractivity contribution in [3.8, 4) is 0 Å². The number of benzene rings is 1. The molecule has 0 N–H and O–H groups in total. The Morgan fingerprint density at radius 2 is 2.12 bits per heavy atom. The molecule has 0 spiro atoms. The summed E-state index contributed by atoms with van der Waals surface area (Å²) in [5, 5.41) is 0. The summed E-state index contributed by atoms with van der Waals surface area (Å²) >= 11 is 0. The average molecular weight is 224 g/mol. The summed E-state index contributed by atoms with van der Waals surface area (Å²) in [6, 6.07) is 8.15. The first kappa shape index (κ1) is 11.4. The maximum atomic E-state index is 4.65. The molecule has 1 heterocycles. The molecule has 1 aromatic carbocycles. The Bertz CT molecular complexity index is 600. The molecule has 1 aromatic heterocycles. The van der Waals surface area contributed by atoms with Gasteiger partial charge in [0, 0.05) is 12.6 Å². The van der Waals surface area contributed by atoms with Gasteiger partial charge in [-0.05, 0) is 19.1 Å². The first-order valence-corrected chi connectivity index (χ1v) is 5.65. The van der Waals surface area contributed by atoms with Gasteiger partial charge in [0.2, 0.25) is 0 Å². The van der Waals surface area contributed by atoms with Crippen LogP contribution in [0.3, 0.4) is 0 Å². The third kappa shape index (κ3) is 2.07. The van der Waals surface area contributed by atoms with Crippen molar-refractivity contribution in [2.75, 3.05) is 0 Å². The van der Waals surface area contributed by atoms with Crippen molar-refractivity contribution in [3.63, 3.8) is 0 Å². The van der Waals surface area contributed by atoms with Crippen LogP contribution >= 0.6 is 0 Å². The highest BCUT2D eigenvalue weighted by molar-refractivity contribution is 5.81. The smallest absolute Gasteiger partial charge is 0.140 e. The number of allylic oxidation sites excluding steroid dienone is 5. The Morgan fingerprint density at radius 1 is 1.35 bits per heavy atom. The number of rotatable bonds is 3. The molecule has 2 heteroatoms. The zero-order valence-corrected chi connectivity index (χ0v) is 10.2. The van der Waals surface area contributed by atoms with E-state index in [1.807, 2.05) is 44.3 Å². The van der Waals surface area contributed by atoms with Crippen molar-refractivity contribution in [1.82, 2.24) is 9.55 Å². The van der Waals surface area contributed by atoms with E-state index in [2.05, 4.69) is 28.3 Å². The third-order valence-electron chi connectivity index (χ3n) is 2.77. The molecule has 0 aliphatic carbocycles. The van der Waals surface area contributed by atoms with Crippen molar-refractivity contribution in [2.45, 2.75) is 6.92 Å². The van der Waals surface area contributed by atoms with Crippen molar-refractivity contribution in [1.29, 1.82) is 0 Å². The summed E-state index contributed by atoms with van der Waals surface area (Å²) in [5.41, 5.74) is 3.27. The van der Waals surface area contributed by atoms with E-state index in [9.17, 15) is 0 Å². The van der Waals surface area contributed by atoms with E-state index in [-0.39, 0.29) is 0 Å². The van der Waals surface area contributed by atoms with E-state index in [1.165, 1.54) is 0 Å². The highest BCUT2D eigenvalue weighted by atomic mass is 15.1. The molecule has 2 nitrogen and oxygen atoms in total. The topological polar surface area (TPSA) is 17.8 Å². The predicted octanol–water partition coefficient (Wildman–Crippen LogP) is 3.72. The molecule has 0 fully saturated rings. The highest BCUT2D eigenvalue weighted by Gasteiger charge is 2.08. The Hall–Kier alpha value is -2.09. The molecule has 0 bridgehead atoms. The van der Waals surface area contributed by atoms with Crippen molar-refractivity contribution in [3.05, 3.63) is 61.0 Å². The zero-order chi connectivity index (χ0) is 12.3. The maximum Gasteiger partial charge on any atom is 0.140 e. The molecule has 0 saturated carbocycles. The molecule has 0 unspecified atom stereocenters. The fourth-order valence-corrected chi connectivity index (χ4v) is 1.88. The van der Waals surface area contributed by atoms with Crippen molar-refractivity contribution in [2.24, 2.45) is 7.05 Å². The lowest BCUT2D eigenvalue weighted by molar-refractivity contribution is 0.923. The van der Waals surface area contributed by atoms with Gasteiger partial charge in [-0.3, -0.25) is 0 Å². The molecule has 0 aliphatic heterocycles. The van der Waals surface area contributed by atoms with Crippen LogP contribution in [0.25, 0.3) is 16.6 Å². The van der Waals surface area contributed by atoms with Crippen LogP contribution in [-0.2, 0) is 7.05 Å². The molecule has 2 rings (SSSR count). The number of fused-ring (bicyclic) bond motifs is 1. The molecule has 2 aromatic rings. The van der Waals surface area contributed by atoms with E-state index in [1.54, 1.807) is 6.08 Å². The van der Waals surface area contributed by atoms with Crippen LogP contribution in [0, 0.1) is 0 Å². The lowest BCUT2D eigenvalue weighted by Gasteiger charge is -2.02. The standard InChI is InChI=1S/C15H16N2/c1-4-6-9-12(5-2)15-16-13-10-7-8-11-14(13)17(15)3/h4-11H,1H2,2-3H3/b9-6-,12-5+. The average Bonchev–Trinajstić information content (AvgIpc) is 2.69. The van der Waals surface area contributed by atoms with Crippen LogP contribution in [0.4, 0.5) is 0 Å². The van der Waals surface area contributed by atoms with E-state index in [4.69, 9.17) is 0 Å². The summed E-state index contributed by atoms with van der Waals surface area (Å²) in [6.45, 7) is 5.70. The van der Waals surface area contributed by atoms with Gasteiger partial charge >= 0.3 is 0 Å². The lowest BCUT2D eigenvalue weighted by atomic mass is 10.2. The number of aromatic nitrogens is 2. The number of nitrogens with zero attached hydrogens (tertiary/aromatic N) is 2. The fourth-order valence-electron chi connectivity index (χ4n) is 1.88. The minimum absolute atomic E-state index is 0.979. The summed E-state index contributed by atoms with van der Waals surface area (Å²) in [5.74, 6) is 0.979. The van der Waals surface area contributed by atoms with Gasteiger partial charge in [-0.2, -0.15) is 0 Å². The van der Waals surface area contributed by atoms with Crippen LogP contribution in [-0.4, -0.2) is 9.55 Å². The molecular weight excluding hydrogens is 208 g/mol. The van der Waals surface area contributed by atoms with Gasteiger partial charge in [-0.25, -0.2) is 4.98 Å². The van der Waals surface area contributed by atoms with Crippen molar-refractivity contribution >= 4 is 16.6 Å². The monoisotopic (exact) mass is 224 g/mol. The van der Waals surface area contributed by atoms with Crippen LogP contribution in [0.15, 0.2) is 55.1 Å². The summed E-state index contributed by atoms with van der Waals surface area (Å²) in [6.07, 6.45) is 7.77. The second-order valence-corrected chi connectivity index (χ2v) is 3.82. The Kier molecular flexibility index (Phi) is 3.24. The Morgan fingerprint density at radius 3 is 2.76 bits per heavy atom. The summed E-state index contributed by atoms with van der Waals surface area (Å²) in [7, 11) is 2.04. The molecule has 17 heavy (non-hydrogen) atoms. The van der Waals surface area contributed by atoms with Crippen LogP contribution in [0.5, 0.6) is 0 Å². The highest BCUT2D eigenvalue weighted by Crippen LogP contribution is 2.20.